The van der Waals surface area contributed by atoms with E-state index in [1.807, 2.05) is 0 Å². The number of hydrogen-bond acceptors (Lipinski definition) is 1. The lowest BCUT2D eigenvalue weighted by molar-refractivity contribution is 0.328. The van der Waals surface area contributed by atoms with Crippen LogP contribution in [0.2, 0.25) is 0 Å². The summed E-state index contributed by atoms with van der Waals surface area (Å²) in [6.07, 6.45) is 2.11. The van der Waals surface area contributed by atoms with Gasteiger partial charge in [-0.1, -0.05) is 30.7 Å². The van der Waals surface area contributed by atoms with Crippen LogP contribution in [0, 0.1) is 19.8 Å². The van der Waals surface area contributed by atoms with Gasteiger partial charge in [-0.3, -0.25) is 0 Å². The molecule has 1 fully saturated rings. The summed E-state index contributed by atoms with van der Waals surface area (Å²) in [5.41, 5.74) is 4.23. The van der Waals surface area contributed by atoms with Gasteiger partial charge < -0.3 is 4.74 Å². The quantitative estimate of drug-likeness (QED) is 0.688. The van der Waals surface area contributed by atoms with E-state index in [1.54, 1.807) is 0 Å². The van der Waals surface area contributed by atoms with E-state index < -0.39 is 0 Å². The molecule has 1 aliphatic heterocycles. The first-order valence-electron chi connectivity index (χ1n) is 5.79. The Balaban J connectivity index is 2.06. The van der Waals surface area contributed by atoms with Crippen LogP contribution in [0.25, 0.3) is 0 Å². The number of epoxide rings is 1. The smallest absolute Gasteiger partial charge is 0.0867 e. The van der Waals surface area contributed by atoms with Gasteiger partial charge in [0, 0.05) is 0 Å². The monoisotopic (exact) mass is 204 g/mol. The Morgan fingerprint density at radius 1 is 1.33 bits per heavy atom. The van der Waals surface area contributed by atoms with Crippen molar-refractivity contribution in [2.75, 3.05) is 0 Å². The second-order valence-electron chi connectivity index (χ2n) is 4.92. The largest absolute Gasteiger partial charge is 0.370 e. The van der Waals surface area contributed by atoms with Gasteiger partial charge in [-0.05, 0) is 44.2 Å². The van der Waals surface area contributed by atoms with Crippen LogP contribution >= 0.6 is 0 Å². The highest BCUT2D eigenvalue weighted by atomic mass is 16.6. The van der Waals surface area contributed by atoms with Gasteiger partial charge in [0.05, 0.1) is 12.2 Å². The van der Waals surface area contributed by atoms with Gasteiger partial charge in [0.2, 0.25) is 0 Å². The highest BCUT2D eigenvalue weighted by Crippen LogP contribution is 2.31. The van der Waals surface area contributed by atoms with Crippen LogP contribution in [0.4, 0.5) is 0 Å². The SMILES string of the molecule is Cc1ccc(C)c(CC(C)C2OC2C)c1. The molecule has 1 aromatic carbocycles. The molecule has 3 unspecified atom stereocenters. The second-order valence-corrected chi connectivity index (χ2v) is 4.92. The lowest BCUT2D eigenvalue weighted by Crippen LogP contribution is -2.10. The maximum Gasteiger partial charge on any atom is 0.0867 e. The molecule has 1 nitrogen and oxygen atoms in total. The third kappa shape index (κ3) is 2.40. The Labute approximate surface area is 92.5 Å². The molecule has 0 radical (unpaired) electrons. The molecular weight excluding hydrogens is 184 g/mol. The van der Waals surface area contributed by atoms with Crippen LogP contribution in [-0.2, 0) is 11.2 Å². The van der Waals surface area contributed by atoms with Gasteiger partial charge in [0.1, 0.15) is 0 Å². The average Bonchev–Trinajstić information content (AvgIpc) is 2.89. The van der Waals surface area contributed by atoms with Crippen LogP contribution in [-0.4, -0.2) is 12.2 Å². The Hall–Kier alpha value is -0.820. The van der Waals surface area contributed by atoms with Crippen molar-refractivity contribution in [2.45, 2.75) is 46.3 Å². The molecule has 0 aliphatic carbocycles. The van der Waals surface area contributed by atoms with Crippen molar-refractivity contribution in [1.29, 1.82) is 0 Å². The zero-order valence-corrected chi connectivity index (χ0v) is 10.1. The first-order chi connectivity index (χ1) is 7.08. The Morgan fingerprint density at radius 2 is 2.00 bits per heavy atom. The van der Waals surface area contributed by atoms with Crippen molar-refractivity contribution < 1.29 is 4.74 Å². The number of rotatable bonds is 3. The van der Waals surface area contributed by atoms with Gasteiger partial charge in [-0.2, -0.15) is 0 Å². The molecule has 1 heteroatoms. The predicted octanol–water partition coefficient (Wildman–Crippen LogP) is 3.27. The van der Waals surface area contributed by atoms with E-state index in [-0.39, 0.29) is 0 Å². The van der Waals surface area contributed by atoms with Crippen LogP contribution in [0.1, 0.15) is 30.5 Å². The molecule has 0 saturated carbocycles. The Kier molecular flexibility index (Phi) is 2.83. The molecule has 1 saturated heterocycles. The van der Waals surface area contributed by atoms with Crippen molar-refractivity contribution >= 4 is 0 Å². The van der Waals surface area contributed by atoms with Crippen LogP contribution < -0.4 is 0 Å². The maximum atomic E-state index is 5.52. The Morgan fingerprint density at radius 3 is 2.60 bits per heavy atom. The molecule has 1 aliphatic rings. The highest BCUT2D eigenvalue weighted by molar-refractivity contribution is 5.31. The summed E-state index contributed by atoms with van der Waals surface area (Å²) in [7, 11) is 0. The maximum absolute atomic E-state index is 5.52. The lowest BCUT2D eigenvalue weighted by Gasteiger charge is -2.11. The molecule has 15 heavy (non-hydrogen) atoms. The van der Waals surface area contributed by atoms with Crippen molar-refractivity contribution in [2.24, 2.45) is 5.92 Å². The number of ether oxygens (including phenoxy) is 1. The third-order valence-corrected chi connectivity index (χ3v) is 3.37. The van der Waals surface area contributed by atoms with Crippen LogP contribution in [0.5, 0.6) is 0 Å². The topological polar surface area (TPSA) is 12.5 Å². The summed E-state index contributed by atoms with van der Waals surface area (Å²) in [5, 5.41) is 0. The molecule has 2 rings (SSSR count). The Bertz CT molecular complexity index is 356. The van der Waals surface area contributed by atoms with Gasteiger partial charge in [-0.15, -0.1) is 0 Å². The van der Waals surface area contributed by atoms with E-state index >= 15 is 0 Å². The number of hydrogen-bond donors (Lipinski definition) is 0. The molecule has 0 amide bonds. The third-order valence-electron chi connectivity index (χ3n) is 3.37. The minimum Gasteiger partial charge on any atom is -0.370 e. The normalized spacial score (nSPS) is 26.4. The number of aryl methyl sites for hydroxylation is 2. The molecular formula is C14H20O. The first-order valence-corrected chi connectivity index (χ1v) is 5.79. The summed E-state index contributed by atoms with van der Waals surface area (Å²) in [4.78, 5) is 0. The molecule has 1 aromatic rings. The summed E-state index contributed by atoms with van der Waals surface area (Å²) in [6.45, 7) is 8.79. The van der Waals surface area contributed by atoms with E-state index in [9.17, 15) is 0 Å². The van der Waals surface area contributed by atoms with Gasteiger partial charge in [-0.25, -0.2) is 0 Å². The average molecular weight is 204 g/mol. The molecule has 3 atom stereocenters. The molecule has 82 valence electrons. The molecule has 0 bridgehead atoms. The van der Waals surface area contributed by atoms with Gasteiger partial charge in [0.25, 0.3) is 0 Å². The van der Waals surface area contributed by atoms with Crippen molar-refractivity contribution in [3.05, 3.63) is 34.9 Å². The van der Waals surface area contributed by atoms with E-state index in [1.165, 1.54) is 16.7 Å². The highest BCUT2D eigenvalue weighted by Gasteiger charge is 2.38. The predicted molar refractivity (Wildman–Crippen MR) is 63.1 cm³/mol. The van der Waals surface area contributed by atoms with E-state index in [2.05, 4.69) is 45.9 Å². The van der Waals surface area contributed by atoms with Gasteiger partial charge >= 0.3 is 0 Å². The van der Waals surface area contributed by atoms with Crippen molar-refractivity contribution in [3.8, 4) is 0 Å². The fraction of sp³-hybridized carbons (Fsp3) is 0.571. The fourth-order valence-corrected chi connectivity index (χ4v) is 2.28. The molecule has 0 N–H and O–H groups in total. The van der Waals surface area contributed by atoms with E-state index in [0.717, 1.165) is 6.42 Å². The summed E-state index contributed by atoms with van der Waals surface area (Å²) < 4.78 is 5.52. The van der Waals surface area contributed by atoms with Crippen LogP contribution in [0.15, 0.2) is 18.2 Å². The fourth-order valence-electron chi connectivity index (χ4n) is 2.28. The van der Waals surface area contributed by atoms with Gasteiger partial charge in [0.15, 0.2) is 0 Å². The van der Waals surface area contributed by atoms with E-state index in [4.69, 9.17) is 4.74 Å². The first kappa shape index (κ1) is 10.7. The molecule has 0 aromatic heterocycles. The molecule has 1 heterocycles. The lowest BCUT2D eigenvalue weighted by atomic mass is 9.93. The zero-order valence-electron chi connectivity index (χ0n) is 10.1. The van der Waals surface area contributed by atoms with E-state index in [0.29, 0.717) is 18.1 Å². The number of benzene rings is 1. The summed E-state index contributed by atoms with van der Waals surface area (Å²) in [5.74, 6) is 0.639. The minimum atomic E-state index is 0.477. The molecule has 0 spiro atoms. The minimum absolute atomic E-state index is 0.477. The van der Waals surface area contributed by atoms with Crippen molar-refractivity contribution in [3.63, 3.8) is 0 Å². The standard InChI is InChI=1S/C14H20O/c1-9-5-6-10(2)13(7-9)8-11(3)14-12(4)15-14/h5-7,11-12,14H,8H2,1-4H3. The van der Waals surface area contributed by atoms with Crippen molar-refractivity contribution in [1.82, 2.24) is 0 Å². The summed E-state index contributed by atoms with van der Waals surface area (Å²) in [6, 6.07) is 6.70. The van der Waals surface area contributed by atoms with Crippen LogP contribution in [0.3, 0.4) is 0 Å². The zero-order chi connectivity index (χ0) is 11.0. The summed E-state index contributed by atoms with van der Waals surface area (Å²) >= 11 is 0. The second kappa shape index (κ2) is 3.97.